The lowest BCUT2D eigenvalue weighted by Crippen LogP contribution is -2.09. The van der Waals surface area contributed by atoms with Crippen LogP contribution in [0.15, 0.2) is 18.2 Å². The lowest BCUT2D eigenvalue weighted by molar-refractivity contribution is -0.136. The minimum atomic E-state index is -0.832. The van der Waals surface area contributed by atoms with E-state index in [1.54, 1.807) is 18.2 Å². The van der Waals surface area contributed by atoms with Crippen LogP contribution in [-0.2, 0) is 11.2 Å². The van der Waals surface area contributed by atoms with Crippen LogP contribution in [0.3, 0.4) is 0 Å². The van der Waals surface area contributed by atoms with Crippen molar-refractivity contribution in [3.05, 3.63) is 33.8 Å². The van der Waals surface area contributed by atoms with E-state index in [4.69, 9.17) is 28.3 Å². The molecule has 2 nitrogen and oxygen atoms in total. The van der Waals surface area contributed by atoms with Crippen molar-refractivity contribution in [2.45, 2.75) is 17.7 Å². The summed E-state index contributed by atoms with van der Waals surface area (Å²) >= 11 is 15.0. The van der Waals surface area contributed by atoms with Gasteiger partial charge in [-0.1, -0.05) is 45.2 Å². The summed E-state index contributed by atoms with van der Waals surface area (Å²) in [7, 11) is 0. The average molecular weight is 312 g/mol. The van der Waals surface area contributed by atoms with E-state index in [-0.39, 0.29) is 11.2 Å². The van der Waals surface area contributed by atoms with E-state index in [0.717, 1.165) is 5.56 Å². The van der Waals surface area contributed by atoms with Gasteiger partial charge in [0.2, 0.25) is 0 Å². The van der Waals surface area contributed by atoms with Gasteiger partial charge in [0.1, 0.15) is 0 Å². The number of rotatable bonds is 4. The number of hydrogen-bond acceptors (Lipinski definition) is 1. The first-order chi connectivity index (χ1) is 6.99. The Morgan fingerprint density at radius 1 is 1.47 bits per heavy atom. The third kappa shape index (κ3) is 4.41. The Labute approximate surface area is 106 Å². The van der Waals surface area contributed by atoms with Crippen LogP contribution in [-0.4, -0.2) is 15.9 Å². The van der Waals surface area contributed by atoms with Gasteiger partial charge in [-0.3, -0.25) is 4.79 Å². The Morgan fingerprint density at radius 2 is 2.13 bits per heavy atom. The Kier molecular flexibility index (Phi) is 4.90. The third-order valence-corrected chi connectivity index (χ3v) is 3.09. The number of aliphatic carboxylic acids is 1. The van der Waals surface area contributed by atoms with Crippen LogP contribution in [0.4, 0.5) is 0 Å². The largest absolute Gasteiger partial charge is 0.481 e. The van der Waals surface area contributed by atoms with Crippen molar-refractivity contribution in [3.63, 3.8) is 0 Å². The Hall–Kier alpha value is -0.250. The SMILES string of the molecule is O=C(O)CC(Br)Cc1ccc(Cl)cc1Cl. The molecule has 82 valence electrons. The minimum absolute atomic E-state index is 0.0684. The van der Waals surface area contributed by atoms with E-state index in [1.165, 1.54) is 0 Å². The molecule has 0 amide bonds. The summed E-state index contributed by atoms with van der Waals surface area (Å²) in [6.07, 6.45) is 0.640. The monoisotopic (exact) mass is 310 g/mol. The van der Waals surface area contributed by atoms with Gasteiger partial charge in [-0.2, -0.15) is 0 Å². The smallest absolute Gasteiger partial charge is 0.304 e. The normalized spacial score (nSPS) is 12.5. The van der Waals surface area contributed by atoms with Crippen LogP contribution >= 0.6 is 39.1 Å². The number of carboxylic acids is 1. The van der Waals surface area contributed by atoms with Crippen molar-refractivity contribution in [2.75, 3.05) is 0 Å². The predicted molar refractivity (Wildman–Crippen MR) is 65.1 cm³/mol. The minimum Gasteiger partial charge on any atom is -0.481 e. The molecule has 1 aromatic carbocycles. The first-order valence-corrected chi connectivity index (χ1v) is 5.96. The van der Waals surface area contributed by atoms with E-state index >= 15 is 0 Å². The molecular formula is C10H9BrCl2O2. The van der Waals surface area contributed by atoms with Crippen LogP contribution in [0.2, 0.25) is 10.0 Å². The van der Waals surface area contributed by atoms with E-state index in [2.05, 4.69) is 15.9 Å². The fourth-order valence-electron chi connectivity index (χ4n) is 1.19. The Bertz CT molecular complexity index is 368. The van der Waals surface area contributed by atoms with Gasteiger partial charge in [0, 0.05) is 14.9 Å². The second-order valence-electron chi connectivity index (χ2n) is 3.14. The lowest BCUT2D eigenvalue weighted by Gasteiger charge is -2.08. The highest BCUT2D eigenvalue weighted by molar-refractivity contribution is 9.09. The number of hydrogen-bond donors (Lipinski definition) is 1. The van der Waals surface area contributed by atoms with Crippen LogP contribution < -0.4 is 0 Å². The fourth-order valence-corrected chi connectivity index (χ4v) is 2.30. The van der Waals surface area contributed by atoms with Gasteiger partial charge in [-0.05, 0) is 24.1 Å². The second kappa shape index (κ2) is 5.73. The maximum atomic E-state index is 10.5. The number of carbonyl (C=O) groups is 1. The molecule has 0 fully saturated rings. The molecule has 0 heterocycles. The molecule has 0 aliphatic carbocycles. The molecule has 0 spiro atoms. The molecule has 15 heavy (non-hydrogen) atoms. The van der Waals surface area contributed by atoms with Gasteiger partial charge >= 0.3 is 5.97 Å². The van der Waals surface area contributed by atoms with Crippen LogP contribution in [0.5, 0.6) is 0 Å². The van der Waals surface area contributed by atoms with E-state index < -0.39 is 5.97 Å². The number of carboxylic acid groups (broad SMARTS) is 1. The molecule has 0 aromatic heterocycles. The highest BCUT2D eigenvalue weighted by atomic mass is 79.9. The van der Waals surface area contributed by atoms with Crippen molar-refractivity contribution >= 4 is 45.1 Å². The van der Waals surface area contributed by atoms with Gasteiger partial charge in [0.05, 0.1) is 6.42 Å². The average Bonchev–Trinajstić information content (AvgIpc) is 2.08. The molecule has 1 rings (SSSR count). The molecule has 0 radical (unpaired) electrons. The molecule has 1 atom stereocenters. The zero-order valence-electron chi connectivity index (χ0n) is 7.71. The van der Waals surface area contributed by atoms with Crippen molar-refractivity contribution < 1.29 is 9.90 Å². The van der Waals surface area contributed by atoms with Crippen LogP contribution in [0, 0.1) is 0 Å². The van der Waals surface area contributed by atoms with Gasteiger partial charge < -0.3 is 5.11 Å². The number of alkyl halides is 1. The maximum absolute atomic E-state index is 10.5. The summed E-state index contributed by atoms with van der Waals surface area (Å²) < 4.78 is 0. The summed E-state index contributed by atoms with van der Waals surface area (Å²) in [4.78, 5) is 10.3. The molecule has 5 heteroatoms. The van der Waals surface area contributed by atoms with E-state index in [1.807, 2.05) is 0 Å². The Morgan fingerprint density at radius 3 is 2.67 bits per heavy atom. The molecule has 1 aromatic rings. The number of benzene rings is 1. The van der Waals surface area contributed by atoms with Crippen LogP contribution in [0.1, 0.15) is 12.0 Å². The quantitative estimate of drug-likeness (QED) is 0.859. The topological polar surface area (TPSA) is 37.3 Å². The summed E-state index contributed by atoms with van der Waals surface area (Å²) in [5, 5.41) is 9.74. The highest BCUT2D eigenvalue weighted by Gasteiger charge is 2.12. The number of halogens is 3. The van der Waals surface area contributed by atoms with E-state index in [9.17, 15) is 4.79 Å². The zero-order chi connectivity index (χ0) is 11.4. The standard InChI is InChI=1S/C10H9BrCl2O2/c11-7(4-10(14)15)3-6-1-2-8(12)5-9(6)13/h1-2,5,7H,3-4H2,(H,14,15). The second-order valence-corrected chi connectivity index (χ2v) is 5.27. The predicted octanol–water partition coefficient (Wildman–Crippen LogP) is 3.77. The lowest BCUT2D eigenvalue weighted by atomic mass is 10.1. The fraction of sp³-hybridized carbons (Fsp3) is 0.300. The van der Waals surface area contributed by atoms with Gasteiger partial charge in [0.25, 0.3) is 0 Å². The van der Waals surface area contributed by atoms with Crippen molar-refractivity contribution in [1.82, 2.24) is 0 Å². The summed E-state index contributed by atoms with van der Waals surface area (Å²) in [5.74, 6) is -0.832. The molecule has 1 unspecified atom stereocenters. The van der Waals surface area contributed by atoms with Gasteiger partial charge in [0.15, 0.2) is 0 Å². The molecule has 0 aliphatic heterocycles. The van der Waals surface area contributed by atoms with Crippen molar-refractivity contribution in [3.8, 4) is 0 Å². The molecule has 0 saturated heterocycles. The highest BCUT2D eigenvalue weighted by Crippen LogP contribution is 2.24. The molecule has 0 saturated carbocycles. The van der Waals surface area contributed by atoms with Crippen LogP contribution in [0.25, 0.3) is 0 Å². The molecular weight excluding hydrogens is 303 g/mol. The first-order valence-electron chi connectivity index (χ1n) is 4.29. The first kappa shape index (κ1) is 12.8. The summed E-state index contributed by atoms with van der Waals surface area (Å²) in [6, 6.07) is 5.20. The van der Waals surface area contributed by atoms with Crippen molar-refractivity contribution in [2.24, 2.45) is 0 Å². The van der Waals surface area contributed by atoms with Gasteiger partial charge in [-0.25, -0.2) is 0 Å². The molecule has 1 N–H and O–H groups in total. The van der Waals surface area contributed by atoms with Gasteiger partial charge in [-0.15, -0.1) is 0 Å². The summed E-state index contributed by atoms with van der Waals surface area (Å²) in [5.41, 5.74) is 0.893. The zero-order valence-corrected chi connectivity index (χ0v) is 10.8. The third-order valence-electron chi connectivity index (χ3n) is 1.85. The van der Waals surface area contributed by atoms with E-state index in [0.29, 0.717) is 16.5 Å². The molecule has 0 bridgehead atoms. The summed E-state index contributed by atoms with van der Waals surface area (Å²) in [6.45, 7) is 0. The molecule has 0 aliphatic rings. The maximum Gasteiger partial charge on any atom is 0.304 e. The Balaban J connectivity index is 2.68. The van der Waals surface area contributed by atoms with Crippen molar-refractivity contribution in [1.29, 1.82) is 0 Å².